The average molecular weight is 201 g/mol. The highest BCUT2D eigenvalue weighted by Gasteiger charge is 2.19. The summed E-state index contributed by atoms with van der Waals surface area (Å²) in [6.07, 6.45) is -1.66. The molecule has 1 heterocycles. The van der Waals surface area contributed by atoms with Gasteiger partial charge in [0.05, 0.1) is 11.3 Å². The van der Waals surface area contributed by atoms with Crippen molar-refractivity contribution in [3.8, 4) is 0 Å². The van der Waals surface area contributed by atoms with Crippen molar-refractivity contribution in [2.24, 2.45) is 5.73 Å². The second-order valence-electron chi connectivity index (χ2n) is 2.78. The van der Waals surface area contributed by atoms with Gasteiger partial charge in [0.2, 0.25) is 0 Å². The van der Waals surface area contributed by atoms with E-state index in [4.69, 9.17) is 11.5 Å². The second-order valence-corrected chi connectivity index (χ2v) is 2.78. The van der Waals surface area contributed by atoms with Crippen LogP contribution in [0.4, 0.5) is 14.5 Å². The van der Waals surface area contributed by atoms with E-state index < -0.39 is 18.0 Å². The molecule has 0 unspecified atom stereocenters. The largest absolute Gasteiger partial charge is 0.396 e. The van der Waals surface area contributed by atoms with Crippen LogP contribution in [0.1, 0.15) is 28.0 Å². The van der Waals surface area contributed by atoms with E-state index in [1.807, 2.05) is 0 Å². The van der Waals surface area contributed by atoms with Gasteiger partial charge in [-0.1, -0.05) is 0 Å². The Labute approximate surface area is 78.9 Å². The van der Waals surface area contributed by atoms with Crippen molar-refractivity contribution in [3.63, 3.8) is 0 Å². The molecule has 14 heavy (non-hydrogen) atoms. The van der Waals surface area contributed by atoms with E-state index in [1.54, 1.807) is 0 Å². The molecule has 1 amide bonds. The molecular weight excluding hydrogens is 192 g/mol. The Morgan fingerprint density at radius 1 is 1.57 bits per heavy atom. The fourth-order valence-corrected chi connectivity index (χ4v) is 1.14. The first-order valence-electron chi connectivity index (χ1n) is 3.78. The first-order valence-corrected chi connectivity index (χ1v) is 3.78. The quantitative estimate of drug-likeness (QED) is 0.749. The number of aromatic nitrogens is 1. The molecule has 0 aromatic carbocycles. The van der Waals surface area contributed by atoms with Crippen molar-refractivity contribution < 1.29 is 13.6 Å². The van der Waals surface area contributed by atoms with Crippen LogP contribution in [-0.2, 0) is 0 Å². The van der Waals surface area contributed by atoms with Crippen molar-refractivity contribution >= 4 is 11.6 Å². The number of nitrogens with two attached hydrogens (primary N) is 2. The van der Waals surface area contributed by atoms with Crippen molar-refractivity contribution in [1.29, 1.82) is 0 Å². The maximum Gasteiger partial charge on any atom is 0.282 e. The number of hydrogen-bond acceptors (Lipinski definition) is 3. The van der Waals surface area contributed by atoms with Crippen LogP contribution < -0.4 is 11.5 Å². The van der Waals surface area contributed by atoms with E-state index >= 15 is 0 Å². The molecule has 0 aliphatic rings. The topological polar surface area (TPSA) is 82.0 Å². The molecule has 0 aliphatic carbocycles. The fourth-order valence-electron chi connectivity index (χ4n) is 1.14. The number of hydrogen-bond donors (Lipinski definition) is 2. The van der Waals surface area contributed by atoms with Crippen LogP contribution in [0.2, 0.25) is 0 Å². The molecule has 0 fully saturated rings. The molecular formula is C8H9F2N3O. The average Bonchev–Trinajstić information content (AvgIpc) is 2.02. The van der Waals surface area contributed by atoms with Crippen LogP contribution >= 0.6 is 0 Å². The Hall–Kier alpha value is -1.72. The number of amides is 1. The predicted molar refractivity (Wildman–Crippen MR) is 46.9 cm³/mol. The summed E-state index contributed by atoms with van der Waals surface area (Å²) >= 11 is 0. The van der Waals surface area contributed by atoms with Gasteiger partial charge < -0.3 is 11.5 Å². The minimum Gasteiger partial charge on any atom is -0.396 e. The van der Waals surface area contributed by atoms with Gasteiger partial charge in [0, 0.05) is 6.20 Å². The molecule has 0 radical (unpaired) electrons. The smallest absolute Gasteiger partial charge is 0.282 e. The Bertz CT molecular complexity index is 379. The molecule has 0 aliphatic heterocycles. The zero-order valence-corrected chi connectivity index (χ0v) is 7.42. The van der Waals surface area contributed by atoms with Crippen molar-refractivity contribution in [3.05, 3.63) is 23.0 Å². The van der Waals surface area contributed by atoms with Gasteiger partial charge in [0.15, 0.2) is 0 Å². The summed E-state index contributed by atoms with van der Waals surface area (Å²) in [5.74, 6) is -0.829. The predicted octanol–water partition coefficient (Wildman–Crippen LogP) is 1.01. The number of aryl methyl sites for hydroxylation is 1. The van der Waals surface area contributed by atoms with Gasteiger partial charge in [-0.25, -0.2) is 8.78 Å². The van der Waals surface area contributed by atoms with Crippen LogP contribution in [0.25, 0.3) is 0 Å². The number of rotatable bonds is 2. The van der Waals surface area contributed by atoms with Crippen LogP contribution in [-0.4, -0.2) is 10.9 Å². The highest BCUT2D eigenvalue weighted by atomic mass is 19.3. The number of alkyl halides is 2. The number of pyridine rings is 1. The summed E-state index contributed by atoms with van der Waals surface area (Å²) in [6, 6.07) is 0. The van der Waals surface area contributed by atoms with Crippen LogP contribution in [0.3, 0.4) is 0 Å². The van der Waals surface area contributed by atoms with Crippen molar-refractivity contribution in [1.82, 2.24) is 4.98 Å². The first kappa shape index (κ1) is 10.4. The highest BCUT2D eigenvalue weighted by Crippen LogP contribution is 2.26. The lowest BCUT2D eigenvalue weighted by Gasteiger charge is -2.09. The molecule has 76 valence electrons. The molecule has 0 atom stereocenters. The number of anilines is 1. The third-order valence-corrected chi connectivity index (χ3v) is 1.79. The molecule has 1 aromatic heterocycles. The summed E-state index contributed by atoms with van der Waals surface area (Å²) in [5, 5.41) is 0. The normalized spacial score (nSPS) is 10.6. The van der Waals surface area contributed by atoms with Crippen LogP contribution in [0.5, 0.6) is 0 Å². The minimum atomic E-state index is -2.81. The molecule has 0 saturated carbocycles. The van der Waals surface area contributed by atoms with E-state index in [1.165, 1.54) is 6.92 Å². The molecule has 0 saturated heterocycles. The Morgan fingerprint density at radius 3 is 2.57 bits per heavy atom. The molecule has 0 spiro atoms. The molecule has 1 rings (SSSR count). The summed E-state index contributed by atoms with van der Waals surface area (Å²) in [4.78, 5) is 14.3. The first-order chi connectivity index (χ1) is 6.45. The zero-order valence-electron chi connectivity index (χ0n) is 7.42. The number of halogens is 2. The lowest BCUT2D eigenvalue weighted by Crippen LogP contribution is -2.17. The maximum absolute atomic E-state index is 12.3. The van der Waals surface area contributed by atoms with Gasteiger partial charge in [0.1, 0.15) is 5.69 Å². The van der Waals surface area contributed by atoms with Gasteiger partial charge in [0.25, 0.3) is 12.3 Å². The highest BCUT2D eigenvalue weighted by molar-refractivity contribution is 5.99. The fraction of sp³-hybridized carbons (Fsp3) is 0.250. The maximum atomic E-state index is 12.3. The third kappa shape index (κ3) is 1.63. The summed E-state index contributed by atoms with van der Waals surface area (Å²) < 4.78 is 24.6. The van der Waals surface area contributed by atoms with Crippen LogP contribution in [0, 0.1) is 6.92 Å². The Kier molecular flexibility index (Phi) is 2.64. The number of primary amides is 1. The van der Waals surface area contributed by atoms with E-state index in [-0.39, 0.29) is 11.3 Å². The number of nitrogens with zero attached hydrogens (tertiary/aromatic N) is 1. The number of carbonyl (C=O) groups excluding carboxylic acids is 1. The van der Waals surface area contributed by atoms with E-state index in [0.717, 1.165) is 6.20 Å². The van der Waals surface area contributed by atoms with Crippen molar-refractivity contribution in [2.75, 3.05) is 5.73 Å². The lowest BCUT2D eigenvalue weighted by atomic mass is 10.1. The summed E-state index contributed by atoms with van der Waals surface area (Å²) in [5.41, 5.74) is 9.69. The standard InChI is InChI=1S/C8H9F2N3O/c1-3-2-13-6(7(9)10)5(11)4(3)8(12)14/h2,7H,11H2,1H3,(H2,12,14). The van der Waals surface area contributed by atoms with Gasteiger partial charge >= 0.3 is 0 Å². The lowest BCUT2D eigenvalue weighted by molar-refractivity contribution is 0.1000. The van der Waals surface area contributed by atoms with Gasteiger partial charge in [-0.2, -0.15) is 0 Å². The number of carbonyl (C=O) groups is 1. The number of nitrogen functional groups attached to an aromatic ring is 1. The zero-order chi connectivity index (χ0) is 10.9. The molecule has 4 nitrogen and oxygen atoms in total. The third-order valence-electron chi connectivity index (χ3n) is 1.79. The van der Waals surface area contributed by atoms with Crippen LogP contribution in [0.15, 0.2) is 6.20 Å². The SMILES string of the molecule is Cc1cnc(C(F)F)c(N)c1C(N)=O. The van der Waals surface area contributed by atoms with Gasteiger partial charge in [-0.15, -0.1) is 0 Å². The Morgan fingerprint density at radius 2 is 2.14 bits per heavy atom. The summed E-state index contributed by atoms with van der Waals surface area (Å²) in [7, 11) is 0. The van der Waals surface area contributed by atoms with E-state index in [0.29, 0.717) is 5.56 Å². The van der Waals surface area contributed by atoms with E-state index in [9.17, 15) is 13.6 Å². The minimum absolute atomic E-state index is 0.0877. The molecule has 6 heteroatoms. The molecule has 4 N–H and O–H groups in total. The van der Waals surface area contributed by atoms with Crippen molar-refractivity contribution in [2.45, 2.75) is 13.3 Å². The van der Waals surface area contributed by atoms with Gasteiger partial charge in [-0.3, -0.25) is 9.78 Å². The molecule has 1 aromatic rings. The summed E-state index contributed by atoms with van der Waals surface area (Å²) in [6.45, 7) is 1.53. The second kappa shape index (κ2) is 3.57. The van der Waals surface area contributed by atoms with E-state index in [2.05, 4.69) is 4.98 Å². The monoisotopic (exact) mass is 201 g/mol. The Balaban J connectivity index is 3.41. The van der Waals surface area contributed by atoms with Gasteiger partial charge in [-0.05, 0) is 12.5 Å². The molecule has 0 bridgehead atoms.